The molecule has 1 aliphatic heterocycles. The van der Waals surface area contributed by atoms with Crippen LogP contribution in [-0.2, 0) is 6.54 Å². The van der Waals surface area contributed by atoms with Crippen LogP contribution < -0.4 is 0 Å². The first-order valence-electron chi connectivity index (χ1n) is 8.85. The standard InChI is InChI=1S/C21H22FN3/c22-20-9-5-4-8-19(20)21-23-14-18(24-21)15-25-12-10-17(11-13-25)16-6-2-1-3-7-16/h1-9,14,17H,10-13,15H2,(H,23,24). The second-order valence-corrected chi connectivity index (χ2v) is 6.70. The van der Waals surface area contributed by atoms with Gasteiger partial charge in [0.2, 0.25) is 0 Å². The van der Waals surface area contributed by atoms with Gasteiger partial charge in [0.25, 0.3) is 0 Å². The lowest BCUT2D eigenvalue weighted by molar-refractivity contribution is 0.203. The van der Waals surface area contributed by atoms with E-state index in [4.69, 9.17) is 0 Å². The number of rotatable bonds is 4. The zero-order valence-corrected chi connectivity index (χ0v) is 14.2. The Morgan fingerprint density at radius 1 is 1.00 bits per heavy atom. The minimum atomic E-state index is -0.243. The van der Waals surface area contributed by atoms with Crippen molar-refractivity contribution in [2.75, 3.05) is 13.1 Å². The number of imidazole rings is 1. The number of likely N-dealkylation sites (tertiary alicyclic amines) is 1. The Bertz CT molecular complexity index is 820. The molecular formula is C21H22FN3. The fourth-order valence-electron chi connectivity index (χ4n) is 3.62. The maximum Gasteiger partial charge on any atom is 0.140 e. The molecule has 3 aromatic rings. The molecule has 3 nitrogen and oxygen atoms in total. The lowest BCUT2D eigenvalue weighted by Gasteiger charge is -2.31. The van der Waals surface area contributed by atoms with Crippen LogP contribution in [0.25, 0.3) is 11.4 Å². The molecule has 0 aliphatic carbocycles. The van der Waals surface area contributed by atoms with E-state index < -0.39 is 0 Å². The molecule has 4 heteroatoms. The summed E-state index contributed by atoms with van der Waals surface area (Å²) in [6.45, 7) is 2.99. The number of aromatic amines is 1. The van der Waals surface area contributed by atoms with Gasteiger partial charge in [-0.05, 0) is 49.5 Å². The summed E-state index contributed by atoms with van der Waals surface area (Å²) in [5, 5.41) is 0. The van der Waals surface area contributed by atoms with E-state index in [2.05, 4.69) is 45.2 Å². The quantitative estimate of drug-likeness (QED) is 0.756. The van der Waals surface area contributed by atoms with Crippen molar-refractivity contribution in [2.45, 2.75) is 25.3 Å². The summed E-state index contributed by atoms with van der Waals surface area (Å²) in [4.78, 5) is 10.1. The number of nitrogens with one attached hydrogen (secondary N) is 1. The molecule has 0 radical (unpaired) electrons. The predicted octanol–water partition coefficient (Wildman–Crippen LogP) is 4.60. The van der Waals surface area contributed by atoms with Crippen LogP contribution in [0.15, 0.2) is 60.8 Å². The average molecular weight is 335 g/mol. The maximum atomic E-state index is 13.9. The Hall–Kier alpha value is -2.46. The van der Waals surface area contributed by atoms with Crippen molar-refractivity contribution in [1.82, 2.24) is 14.9 Å². The normalized spacial score (nSPS) is 16.2. The molecule has 1 fully saturated rings. The number of hydrogen-bond donors (Lipinski definition) is 1. The molecule has 25 heavy (non-hydrogen) atoms. The summed E-state index contributed by atoms with van der Waals surface area (Å²) in [6, 6.07) is 17.5. The number of nitrogens with zero attached hydrogens (tertiary/aromatic N) is 2. The van der Waals surface area contributed by atoms with Crippen molar-refractivity contribution in [2.24, 2.45) is 0 Å². The summed E-state index contributed by atoms with van der Waals surface area (Å²) in [6.07, 6.45) is 4.18. The Morgan fingerprint density at radius 2 is 1.72 bits per heavy atom. The number of aromatic nitrogens is 2. The van der Waals surface area contributed by atoms with E-state index in [1.807, 2.05) is 12.3 Å². The van der Waals surface area contributed by atoms with Gasteiger partial charge in [-0.1, -0.05) is 42.5 Å². The van der Waals surface area contributed by atoms with Gasteiger partial charge in [-0.15, -0.1) is 0 Å². The molecule has 1 N–H and O–H groups in total. The van der Waals surface area contributed by atoms with Gasteiger partial charge >= 0.3 is 0 Å². The third-order valence-corrected chi connectivity index (χ3v) is 5.01. The smallest absolute Gasteiger partial charge is 0.140 e. The molecule has 0 amide bonds. The average Bonchev–Trinajstić information content (AvgIpc) is 3.12. The topological polar surface area (TPSA) is 31.9 Å². The molecule has 0 spiro atoms. The highest BCUT2D eigenvalue weighted by molar-refractivity contribution is 5.55. The molecule has 1 aromatic heterocycles. The predicted molar refractivity (Wildman–Crippen MR) is 97.7 cm³/mol. The molecular weight excluding hydrogens is 313 g/mol. The SMILES string of the molecule is Fc1ccccc1-c1ncc(CN2CCC(c3ccccc3)CC2)[nH]1. The molecule has 1 saturated heterocycles. The Morgan fingerprint density at radius 3 is 2.48 bits per heavy atom. The Kier molecular flexibility index (Phi) is 4.61. The molecule has 0 atom stereocenters. The number of benzene rings is 2. The molecule has 0 bridgehead atoms. The monoisotopic (exact) mass is 335 g/mol. The number of piperidine rings is 1. The van der Waals surface area contributed by atoms with Crippen molar-refractivity contribution < 1.29 is 4.39 Å². The molecule has 2 heterocycles. The van der Waals surface area contributed by atoms with E-state index in [0.29, 0.717) is 17.3 Å². The molecule has 1 aliphatic rings. The van der Waals surface area contributed by atoms with E-state index in [1.54, 1.807) is 12.1 Å². The van der Waals surface area contributed by atoms with E-state index in [-0.39, 0.29) is 5.82 Å². The van der Waals surface area contributed by atoms with Gasteiger partial charge in [0, 0.05) is 18.4 Å². The summed E-state index contributed by atoms with van der Waals surface area (Å²) in [7, 11) is 0. The number of H-pyrrole nitrogens is 1. The van der Waals surface area contributed by atoms with Crippen molar-refractivity contribution in [3.63, 3.8) is 0 Å². The highest BCUT2D eigenvalue weighted by atomic mass is 19.1. The van der Waals surface area contributed by atoms with Crippen LogP contribution in [0, 0.1) is 5.82 Å². The minimum absolute atomic E-state index is 0.243. The summed E-state index contributed by atoms with van der Waals surface area (Å²) >= 11 is 0. The lowest BCUT2D eigenvalue weighted by Crippen LogP contribution is -2.32. The van der Waals surface area contributed by atoms with Crippen molar-refractivity contribution in [3.8, 4) is 11.4 Å². The van der Waals surface area contributed by atoms with Gasteiger partial charge in [0.1, 0.15) is 11.6 Å². The van der Waals surface area contributed by atoms with Gasteiger partial charge in [0.15, 0.2) is 0 Å². The van der Waals surface area contributed by atoms with E-state index in [1.165, 1.54) is 24.5 Å². The van der Waals surface area contributed by atoms with E-state index in [9.17, 15) is 4.39 Å². The van der Waals surface area contributed by atoms with Crippen LogP contribution in [0.3, 0.4) is 0 Å². The van der Waals surface area contributed by atoms with Gasteiger partial charge in [-0.2, -0.15) is 0 Å². The van der Waals surface area contributed by atoms with Crippen LogP contribution in [0.5, 0.6) is 0 Å². The first-order chi connectivity index (χ1) is 12.3. The number of halogens is 1. The van der Waals surface area contributed by atoms with Crippen molar-refractivity contribution >= 4 is 0 Å². The largest absolute Gasteiger partial charge is 0.341 e. The first-order valence-corrected chi connectivity index (χ1v) is 8.85. The fourth-order valence-corrected chi connectivity index (χ4v) is 3.62. The van der Waals surface area contributed by atoms with Crippen LogP contribution in [0.4, 0.5) is 4.39 Å². The summed E-state index contributed by atoms with van der Waals surface area (Å²) in [5.74, 6) is 1.02. The molecule has 128 valence electrons. The fraction of sp³-hybridized carbons (Fsp3) is 0.286. The van der Waals surface area contributed by atoms with E-state index >= 15 is 0 Å². The third kappa shape index (κ3) is 3.64. The minimum Gasteiger partial charge on any atom is -0.341 e. The van der Waals surface area contributed by atoms with Gasteiger partial charge in [-0.3, -0.25) is 4.90 Å². The lowest BCUT2D eigenvalue weighted by atomic mass is 9.89. The van der Waals surface area contributed by atoms with Crippen LogP contribution in [-0.4, -0.2) is 28.0 Å². The van der Waals surface area contributed by atoms with Gasteiger partial charge in [-0.25, -0.2) is 9.37 Å². The van der Waals surface area contributed by atoms with Crippen LogP contribution in [0.1, 0.15) is 30.0 Å². The van der Waals surface area contributed by atoms with E-state index in [0.717, 1.165) is 25.3 Å². The summed E-state index contributed by atoms with van der Waals surface area (Å²) < 4.78 is 13.9. The number of hydrogen-bond acceptors (Lipinski definition) is 2. The molecule has 0 unspecified atom stereocenters. The second-order valence-electron chi connectivity index (χ2n) is 6.70. The Labute approximate surface area is 147 Å². The molecule has 0 saturated carbocycles. The zero-order valence-electron chi connectivity index (χ0n) is 14.2. The molecule has 2 aromatic carbocycles. The first kappa shape index (κ1) is 16.0. The second kappa shape index (κ2) is 7.19. The molecule has 4 rings (SSSR count). The van der Waals surface area contributed by atoms with Crippen molar-refractivity contribution in [3.05, 3.63) is 77.9 Å². The van der Waals surface area contributed by atoms with Crippen LogP contribution >= 0.6 is 0 Å². The zero-order chi connectivity index (χ0) is 17.1. The third-order valence-electron chi connectivity index (χ3n) is 5.01. The highest BCUT2D eigenvalue weighted by Gasteiger charge is 2.21. The van der Waals surface area contributed by atoms with Gasteiger partial charge < -0.3 is 4.98 Å². The highest BCUT2D eigenvalue weighted by Crippen LogP contribution is 2.28. The Balaban J connectivity index is 1.37. The van der Waals surface area contributed by atoms with Gasteiger partial charge in [0.05, 0.1) is 5.56 Å². The summed E-state index contributed by atoms with van der Waals surface area (Å²) in [5.41, 5.74) is 3.01. The van der Waals surface area contributed by atoms with Crippen molar-refractivity contribution in [1.29, 1.82) is 0 Å². The maximum absolute atomic E-state index is 13.9. The van der Waals surface area contributed by atoms with Crippen LogP contribution in [0.2, 0.25) is 0 Å².